The van der Waals surface area contributed by atoms with Gasteiger partial charge in [-0.15, -0.1) is 0 Å². The van der Waals surface area contributed by atoms with E-state index in [1.54, 1.807) is 11.1 Å². The van der Waals surface area contributed by atoms with Gasteiger partial charge in [0, 0.05) is 0 Å². The number of hydrogen-bond donors (Lipinski definition) is 0. The molecule has 0 nitrogen and oxygen atoms in total. The SMILES string of the molecule is CCCC1C(=C(C)C)CC1C. The van der Waals surface area contributed by atoms with Crippen LogP contribution in [0.1, 0.15) is 47.0 Å². The van der Waals surface area contributed by atoms with Crippen LogP contribution in [0.25, 0.3) is 0 Å². The second-order valence-electron chi connectivity index (χ2n) is 4.10. The fourth-order valence-corrected chi connectivity index (χ4v) is 2.17. The molecule has 0 aromatic carbocycles. The Bertz CT molecular complexity index is 161. The van der Waals surface area contributed by atoms with Gasteiger partial charge in [0.05, 0.1) is 0 Å². The van der Waals surface area contributed by atoms with Crippen molar-refractivity contribution in [3.05, 3.63) is 11.1 Å². The van der Waals surface area contributed by atoms with Crippen LogP contribution in [-0.2, 0) is 0 Å². The lowest BCUT2D eigenvalue weighted by Crippen LogP contribution is -2.27. The van der Waals surface area contributed by atoms with Crippen molar-refractivity contribution >= 4 is 0 Å². The maximum Gasteiger partial charge on any atom is -0.0172 e. The van der Waals surface area contributed by atoms with Gasteiger partial charge in [0.2, 0.25) is 0 Å². The zero-order valence-corrected chi connectivity index (χ0v) is 8.28. The van der Waals surface area contributed by atoms with E-state index in [1.165, 1.54) is 19.3 Å². The summed E-state index contributed by atoms with van der Waals surface area (Å²) >= 11 is 0. The van der Waals surface area contributed by atoms with E-state index in [1.807, 2.05) is 0 Å². The molecule has 1 saturated carbocycles. The quantitative estimate of drug-likeness (QED) is 0.528. The molecule has 0 radical (unpaired) electrons. The predicted octanol–water partition coefficient (Wildman–Crippen LogP) is 3.78. The minimum Gasteiger partial charge on any atom is -0.0769 e. The first kappa shape index (κ1) is 8.83. The molecule has 1 rings (SSSR count). The van der Waals surface area contributed by atoms with Crippen LogP contribution >= 0.6 is 0 Å². The third-order valence-corrected chi connectivity index (χ3v) is 2.92. The first-order valence-corrected chi connectivity index (χ1v) is 4.83. The monoisotopic (exact) mass is 152 g/mol. The first-order chi connectivity index (χ1) is 5.16. The molecule has 0 amide bonds. The maximum atomic E-state index is 2.38. The molecule has 0 heteroatoms. The molecule has 2 atom stereocenters. The predicted molar refractivity (Wildman–Crippen MR) is 50.6 cm³/mol. The highest BCUT2D eigenvalue weighted by Gasteiger charge is 2.31. The minimum atomic E-state index is 0.935. The summed E-state index contributed by atoms with van der Waals surface area (Å²) in [6.07, 6.45) is 4.11. The topological polar surface area (TPSA) is 0 Å². The molecule has 0 aromatic rings. The highest BCUT2D eigenvalue weighted by molar-refractivity contribution is 5.22. The summed E-state index contributed by atoms with van der Waals surface area (Å²) in [6.45, 7) is 9.17. The van der Waals surface area contributed by atoms with Crippen LogP contribution in [0.5, 0.6) is 0 Å². The van der Waals surface area contributed by atoms with Crippen molar-refractivity contribution in [1.29, 1.82) is 0 Å². The number of allylic oxidation sites excluding steroid dienone is 2. The van der Waals surface area contributed by atoms with E-state index in [0.29, 0.717) is 0 Å². The van der Waals surface area contributed by atoms with Gasteiger partial charge in [0.15, 0.2) is 0 Å². The van der Waals surface area contributed by atoms with Crippen LogP contribution in [0.3, 0.4) is 0 Å². The second-order valence-corrected chi connectivity index (χ2v) is 4.10. The van der Waals surface area contributed by atoms with E-state index in [9.17, 15) is 0 Å². The van der Waals surface area contributed by atoms with Crippen molar-refractivity contribution in [2.45, 2.75) is 47.0 Å². The fourth-order valence-electron chi connectivity index (χ4n) is 2.17. The van der Waals surface area contributed by atoms with E-state index in [-0.39, 0.29) is 0 Å². The van der Waals surface area contributed by atoms with Crippen molar-refractivity contribution < 1.29 is 0 Å². The van der Waals surface area contributed by atoms with Gasteiger partial charge in [-0.2, -0.15) is 0 Å². The molecule has 0 aromatic heterocycles. The molecule has 0 heterocycles. The molecule has 1 aliphatic rings. The van der Waals surface area contributed by atoms with Crippen LogP contribution in [0, 0.1) is 11.8 Å². The summed E-state index contributed by atoms with van der Waals surface area (Å²) in [5.41, 5.74) is 3.32. The third kappa shape index (κ3) is 1.66. The Labute approximate surface area is 70.7 Å². The fraction of sp³-hybridized carbons (Fsp3) is 0.818. The standard InChI is InChI=1S/C11H20/c1-5-6-10-9(4)7-11(10)8(2)3/h9-10H,5-7H2,1-4H3. The van der Waals surface area contributed by atoms with Crippen molar-refractivity contribution in [3.63, 3.8) is 0 Å². The minimum absolute atomic E-state index is 0.935. The Morgan fingerprint density at radius 1 is 1.45 bits per heavy atom. The lowest BCUT2D eigenvalue weighted by molar-refractivity contribution is 0.277. The lowest BCUT2D eigenvalue weighted by Gasteiger charge is -2.39. The zero-order chi connectivity index (χ0) is 8.43. The summed E-state index contributed by atoms with van der Waals surface area (Å²) in [5.74, 6) is 1.89. The molecule has 0 aliphatic heterocycles. The van der Waals surface area contributed by atoms with Crippen LogP contribution < -0.4 is 0 Å². The summed E-state index contributed by atoms with van der Waals surface area (Å²) < 4.78 is 0. The first-order valence-electron chi connectivity index (χ1n) is 4.83. The second kappa shape index (κ2) is 3.42. The number of hydrogen-bond acceptors (Lipinski definition) is 0. The van der Waals surface area contributed by atoms with E-state index in [2.05, 4.69) is 27.7 Å². The Morgan fingerprint density at radius 2 is 2.09 bits per heavy atom. The largest absolute Gasteiger partial charge is 0.0769 e. The van der Waals surface area contributed by atoms with Gasteiger partial charge in [-0.1, -0.05) is 31.4 Å². The van der Waals surface area contributed by atoms with Crippen LogP contribution in [0.4, 0.5) is 0 Å². The van der Waals surface area contributed by atoms with Gasteiger partial charge in [-0.05, 0) is 38.5 Å². The summed E-state index contributed by atoms with van der Waals surface area (Å²) in [4.78, 5) is 0. The smallest absolute Gasteiger partial charge is 0.0172 e. The maximum absolute atomic E-state index is 2.38. The highest BCUT2D eigenvalue weighted by Crippen LogP contribution is 2.43. The molecular formula is C11H20. The van der Waals surface area contributed by atoms with Gasteiger partial charge >= 0.3 is 0 Å². The van der Waals surface area contributed by atoms with Crippen LogP contribution in [0.15, 0.2) is 11.1 Å². The molecule has 2 unspecified atom stereocenters. The Hall–Kier alpha value is -0.260. The molecule has 0 saturated heterocycles. The highest BCUT2D eigenvalue weighted by atomic mass is 14.4. The van der Waals surface area contributed by atoms with E-state index in [0.717, 1.165) is 11.8 Å². The molecule has 0 bridgehead atoms. The Morgan fingerprint density at radius 3 is 2.45 bits per heavy atom. The van der Waals surface area contributed by atoms with Crippen molar-refractivity contribution in [3.8, 4) is 0 Å². The average Bonchev–Trinajstić information content (AvgIpc) is 1.95. The lowest BCUT2D eigenvalue weighted by atomic mass is 9.67. The van der Waals surface area contributed by atoms with Crippen molar-refractivity contribution in [2.24, 2.45) is 11.8 Å². The van der Waals surface area contributed by atoms with Gasteiger partial charge in [0.25, 0.3) is 0 Å². The summed E-state index contributed by atoms with van der Waals surface area (Å²) in [5, 5.41) is 0. The van der Waals surface area contributed by atoms with Crippen LogP contribution in [-0.4, -0.2) is 0 Å². The number of rotatable bonds is 2. The average molecular weight is 152 g/mol. The van der Waals surface area contributed by atoms with Gasteiger partial charge in [-0.25, -0.2) is 0 Å². The van der Waals surface area contributed by atoms with Gasteiger partial charge in [-0.3, -0.25) is 0 Å². The Kier molecular flexibility index (Phi) is 2.75. The van der Waals surface area contributed by atoms with Crippen molar-refractivity contribution in [1.82, 2.24) is 0 Å². The van der Waals surface area contributed by atoms with Crippen molar-refractivity contribution in [2.75, 3.05) is 0 Å². The molecule has 11 heavy (non-hydrogen) atoms. The molecule has 0 N–H and O–H groups in total. The molecule has 64 valence electrons. The molecule has 1 aliphatic carbocycles. The molecule has 0 spiro atoms. The third-order valence-electron chi connectivity index (χ3n) is 2.92. The normalized spacial score (nSPS) is 30.0. The van der Waals surface area contributed by atoms with Gasteiger partial charge < -0.3 is 0 Å². The van der Waals surface area contributed by atoms with E-state index >= 15 is 0 Å². The van der Waals surface area contributed by atoms with E-state index < -0.39 is 0 Å². The molecule has 1 fully saturated rings. The Balaban J connectivity index is 2.55. The van der Waals surface area contributed by atoms with E-state index in [4.69, 9.17) is 0 Å². The summed E-state index contributed by atoms with van der Waals surface area (Å²) in [6, 6.07) is 0. The zero-order valence-electron chi connectivity index (χ0n) is 8.28. The summed E-state index contributed by atoms with van der Waals surface area (Å²) in [7, 11) is 0. The van der Waals surface area contributed by atoms with Crippen LogP contribution in [0.2, 0.25) is 0 Å². The van der Waals surface area contributed by atoms with Gasteiger partial charge in [0.1, 0.15) is 0 Å². The molecular weight excluding hydrogens is 132 g/mol.